The van der Waals surface area contributed by atoms with E-state index < -0.39 is 17.8 Å². The van der Waals surface area contributed by atoms with E-state index in [9.17, 15) is 19.2 Å². The number of nitrogens with zero attached hydrogens (tertiary/aromatic N) is 2. The van der Waals surface area contributed by atoms with Crippen LogP contribution in [0.2, 0.25) is 0 Å². The molecule has 26 heavy (non-hydrogen) atoms. The Labute approximate surface area is 152 Å². The molecule has 4 rings (SSSR count). The van der Waals surface area contributed by atoms with Crippen molar-refractivity contribution in [1.82, 2.24) is 9.80 Å². The van der Waals surface area contributed by atoms with Crippen molar-refractivity contribution in [2.75, 3.05) is 6.54 Å². The van der Waals surface area contributed by atoms with Gasteiger partial charge in [-0.15, -0.1) is 0 Å². The number of aryl methyl sites for hydroxylation is 2. The zero-order valence-electron chi connectivity index (χ0n) is 14.7. The van der Waals surface area contributed by atoms with Crippen molar-refractivity contribution in [2.45, 2.75) is 57.4 Å². The third-order valence-corrected chi connectivity index (χ3v) is 5.75. The van der Waals surface area contributed by atoms with Crippen LogP contribution in [0.1, 0.15) is 60.0 Å². The first-order valence-corrected chi connectivity index (χ1v) is 9.40. The van der Waals surface area contributed by atoms with Crippen LogP contribution in [0.5, 0.6) is 0 Å². The Morgan fingerprint density at radius 2 is 1.62 bits per heavy atom. The number of amides is 4. The van der Waals surface area contributed by atoms with Gasteiger partial charge >= 0.3 is 17.8 Å². The number of carbonyl (C=O) groups is 4. The van der Waals surface area contributed by atoms with Crippen molar-refractivity contribution < 1.29 is 19.2 Å². The molecule has 0 radical (unpaired) electrons. The van der Waals surface area contributed by atoms with Gasteiger partial charge in [-0.2, -0.15) is 0 Å². The van der Waals surface area contributed by atoms with Crippen LogP contribution >= 0.6 is 0 Å². The van der Waals surface area contributed by atoms with E-state index in [1.165, 1.54) is 11.1 Å². The Hall–Kier alpha value is -2.50. The number of ketones is 1. The lowest BCUT2D eigenvalue weighted by atomic mass is 9.90. The van der Waals surface area contributed by atoms with Gasteiger partial charge in [-0.05, 0) is 55.7 Å². The summed E-state index contributed by atoms with van der Waals surface area (Å²) in [6, 6.07) is 4.75. The summed E-state index contributed by atoms with van der Waals surface area (Å²) in [6.45, 7) is -0.370. The van der Waals surface area contributed by atoms with Crippen molar-refractivity contribution in [3.05, 3.63) is 34.9 Å². The van der Waals surface area contributed by atoms with Crippen LogP contribution in [0.25, 0.3) is 0 Å². The first-order valence-electron chi connectivity index (χ1n) is 9.40. The third-order valence-electron chi connectivity index (χ3n) is 5.75. The minimum atomic E-state index is -0.881. The molecule has 1 saturated heterocycles. The lowest BCUT2D eigenvalue weighted by molar-refractivity contribution is -0.143. The van der Waals surface area contributed by atoms with Gasteiger partial charge in [0, 0.05) is 11.6 Å². The molecule has 2 fully saturated rings. The highest BCUT2D eigenvalue weighted by atomic mass is 16.2. The zero-order valence-corrected chi connectivity index (χ0v) is 14.7. The maximum Gasteiger partial charge on any atom is 0.334 e. The number of imide groups is 2. The normalized spacial score (nSPS) is 20.8. The van der Waals surface area contributed by atoms with Crippen molar-refractivity contribution >= 4 is 23.6 Å². The summed E-state index contributed by atoms with van der Waals surface area (Å²) in [7, 11) is 0. The standard InChI is InChI=1S/C20H22N2O4/c23-17(15-10-9-13-5-1-2-6-14(13)11-15)12-21-18(24)19(25)22(20(21)26)16-7-3-4-8-16/h9-11,16H,1-8,12H2. The second-order valence-electron chi connectivity index (χ2n) is 7.40. The van der Waals surface area contributed by atoms with Crippen LogP contribution in [0, 0.1) is 0 Å². The highest BCUT2D eigenvalue weighted by Crippen LogP contribution is 2.28. The molecule has 1 aliphatic heterocycles. The molecule has 0 N–H and O–H groups in total. The molecule has 1 aromatic carbocycles. The van der Waals surface area contributed by atoms with E-state index in [0.717, 1.165) is 61.2 Å². The smallest absolute Gasteiger partial charge is 0.292 e. The zero-order chi connectivity index (χ0) is 18.3. The SMILES string of the molecule is O=C(CN1C(=O)C(=O)N(C2CCCC2)C1=O)c1ccc2c(c1)CCCC2. The summed E-state index contributed by atoms with van der Waals surface area (Å²) in [5.74, 6) is -1.98. The van der Waals surface area contributed by atoms with E-state index in [0.29, 0.717) is 5.56 Å². The molecule has 136 valence electrons. The summed E-state index contributed by atoms with van der Waals surface area (Å²) >= 11 is 0. The molecule has 0 atom stereocenters. The van der Waals surface area contributed by atoms with E-state index in [-0.39, 0.29) is 18.4 Å². The third kappa shape index (κ3) is 2.83. The molecule has 1 aromatic rings. The van der Waals surface area contributed by atoms with Gasteiger partial charge in [0.25, 0.3) is 0 Å². The number of urea groups is 1. The lowest BCUT2D eigenvalue weighted by Crippen LogP contribution is -2.41. The summed E-state index contributed by atoms with van der Waals surface area (Å²) in [5, 5.41) is 0. The molecule has 3 aliphatic rings. The molecule has 0 spiro atoms. The topological polar surface area (TPSA) is 74.8 Å². The van der Waals surface area contributed by atoms with Crippen LogP contribution in [-0.4, -0.2) is 46.0 Å². The van der Waals surface area contributed by atoms with Gasteiger partial charge in [-0.25, -0.2) is 9.69 Å². The quantitative estimate of drug-likeness (QED) is 0.473. The fourth-order valence-electron chi connectivity index (χ4n) is 4.29. The van der Waals surface area contributed by atoms with E-state index in [2.05, 4.69) is 0 Å². The highest BCUT2D eigenvalue weighted by molar-refractivity contribution is 6.45. The number of rotatable bonds is 4. The van der Waals surface area contributed by atoms with E-state index in [1.54, 1.807) is 6.07 Å². The number of benzene rings is 1. The molecular weight excluding hydrogens is 332 g/mol. The molecular formula is C20H22N2O4. The molecule has 0 unspecified atom stereocenters. The average molecular weight is 354 g/mol. The monoisotopic (exact) mass is 354 g/mol. The number of Topliss-reactive ketones (excluding diaryl/α,β-unsaturated/α-hetero) is 1. The van der Waals surface area contributed by atoms with E-state index in [4.69, 9.17) is 0 Å². The van der Waals surface area contributed by atoms with Crippen LogP contribution in [0.4, 0.5) is 4.79 Å². The molecule has 0 aromatic heterocycles. The highest BCUT2D eigenvalue weighted by Gasteiger charge is 2.48. The Bertz CT molecular complexity index is 795. The first-order chi connectivity index (χ1) is 12.6. The maximum absolute atomic E-state index is 12.6. The van der Waals surface area contributed by atoms with Crippen LogP contribution in [-0.2, 0) is 22.4 Å². The van der Waals surface area contributed by atoms with Crippen molar-refractivity contribution in [3.8, 4) is 0 Å². The maximum atomic E-state index is 12.6. The summed E-state index contributed by atoms with van der Waals surface area (Å²) < 4.78 is 0. The number of hydrogen-bond donors (Lipinski definition) is 0. The second kappa shape index (κ2) is 6.67. The molecule has 1 heterocycles. The van der Waals surface area contributed by atoms with Gasteiger partial charge in [-0.1, -0.05) is 25.0 Å². The number of fused-ring (bicyclic) bond motifs is 1. The Morgan fingerprint density at radius 1 is 0.923 bits per heavy atom. The van der Waals surface area contributed by atoms with Crippen LogP contribution in [0.15, 0.2) is 18.2 Å². The van der Waals surface area contributed by atoms with Gasteiger partial charge in [0.1, 0.15) is 0 Å². The van der Waals surface area contributed by atoms with Crippen molar-refractivity contribution in [2.24, 2.45) is 0 Å². The van der Waals surface area contributed by atoms with E-state index in [1.807, 2.05) is 12.1 Å². The van der Waals surface area contributed by atoms with Gasteiger partial charge < -0.3 is 0 Å². The van der Waals surface area contributed by atoms with Crippen molar-refractivity contribution in [3.63, 3.8) is 0 Å². The number of hydrogen-bond acceptors (Lipinski definition) is 4. The number of carbonyl (C=O) groups excluding carboxylic acids is 4. The Balaban J connectivity index is 1.51. The van der Waals surface area contributed by atoms with Gasteiger partial charge in [0.15, 0.2) is 5.78 Å². The molecule has 2 aliphatic carbocycles. The first kappa shape index (κ1) is 16.9. The Kier molecular flexibility index (Phi) is 4.34. The second-order valence-corrected chi connectivity index (χ2v) is 7.40. The van der Waals surface area contributed by atoms with Gasteiger partial charge in [0.05, 0.1) is 6.54 Å². The molecule has 6 heteroatoms. The summed E-state index contributed by atoms with van der Waals surface area (Å²) in [4.78, 5) is 51.5. The molecule has 6 nitrogen and oxygen atoms in total. The summed E-state index contributed by atoms with van der Waals surface area (Å²) in [6.07, 6.45) is 7.61. The van der Waals surface area contributed by atoms with Crippen molar-refractivity contribution in [1.29, 1.82) is 0 Å². The van der Waals surface area contributed by atoms with Crippen LogP contribution in [0.3, 0.4) is 0 Å². The predicted octanol–water partition coefficient (Wildman–Crippen LogP) is 2.48. The fraction of sp³-hybridized carbons (Fsp3) is 0.500. The van der Waals surface area contributed by atoms with Crippen LogP contribution < -0.4 is 0 Å². The summed E-state index contributed by atoms with van der Waals surface area (Å²) in [5.41, 5.74) is 2.94. The van der Waals surface area contributed by atoms with Gasteiger partial charge in [-0.3, -0.25) is 19.3 Å². The molecule has 1 saturated carbocycles. The Morgan fingerprint density at radius 3 is 2.35 bits per heavy atom. The molecule has 0 bridgehead atoms. The lowest BCUT2D eigenvalue weighted by Gasteiger charge is -2.21. The fourth-order valence-corrected chi connectivity index (χ4v) is 4.29. The predicted molar refractivity (Wildman–Crippen MR) is 93.6 cm³/mol. The minimum Gasteiger partial charge on any atom is -0.292 e. The minimum absolute atomic E-state index is 0.206. The largest absolute Gasteiger partial charge is 0.334 e. The molecule has 4 amide bonds. The average Bonchev–Trinajstić information content (AvgIpc) is 3.24. The van der Waals surface area contributed by atoms with E-state index >= 15 is 0 Å². The van der Waals surface area contributed by atoms with Gasteiger partial charge in [0.2, 0.25) is 0 Å².